The maximum absolute atomic E-state index is 13.4. The number of nitrogens with one attached hydrogen (secondary N) is 1. The van der Waals surface area contributed by atoms with Crippen LogP contribution in [0, 0.1) is 13.8 Å². The van der Waals surface area contributed by atoms with E-state index in [0.717, 1.165) is 50.5 Å². The molecule has 0 saturated heterocycles. The minimum Gasteiger partial charge on any atom is -0.456 e. The summed E-state index contributed by atoms with van der Waals surface area (Å²) in [5.74, 6) is 0.981. The van der Waals surface area contributed by atoms with E-state index in [0.29, 0.717) is 17.1 Å². The maximum Gasteiger partial charge on any atom is 0.340 e. The van der Waals surface area contributed by atoms with Gasteiger partial charge in [-0.25, -0.2) is 4.79 Å². The lowest BCUT2D eigenvalue weighted by molar-refractivity contribution is 0.0224. The number of aryl methyl sites for hydroxylation is 2. The van der Waals surface area contributed by atoms with E-state index < -0.39 is 5.60 Å². The summed E-state index contributed by atoms with van der Waals surface area (Å²) in [6.07, 6.45) is 6.22. The Hall–Kier alpha value is -5.03. The number of esters is 1. The quantitative estimate of drug-likeness (QED) is 0.174. The minimum absolute atomic E-state index is 0.00526. The standard InChI is InChI=1S/C39H38N2O3/c1-8-11-28(20-24(2)3)27(6)40-35-23-34-36(21-26(35)5)43-37-22-30(41(7)29-16-14-25(4)15-17-29)18-19-33(37)39(34)32-13-10-9-12-31(32)38(42)44-39/h8-23,27,40H,2H2,1,3-7H3. The van der Waals surface area contributed by atoms with Gasteiger partial charge in [0.15, 0.2) is 5.60 Å². The monoisotopic (exact) mass is 582 g/mol. The molecular weight excluding hydrogens is 544 g/mol. The van der Waals surface area contributed by atoms with Crippen molar-refractivity contribution in [2.24, 2.45) is 0 Å². The van der Waals surface area contributed by atoms with Crippen LogP contribution in [-0.2, 0) is 10.3 Å². The molecule has 1 N–H and O–H groups in total. The van der Waals surface area contributed by atoms with Crippen LogP contribution in [0.25, 0.3) is 0 Å². The van der Waals surface area contributed by atoms with Gasteiger partial charge in [0, 0.05) is 52.9 Å². The Morgan fingerprint density at radius 2 is 1.64 bits per heavy atom. The summed E-state index contributed by atoms with van der Waals surface area (Å²) < 4.78 is 13.1. The molecule has 222 valence electrons. The number of fused-ring (bicyclic) bond motifs is 6. The predicted molar refractivity (Wildman–Crippen MR) is 179 cm³/mol. The molecule has 0 radical (unpaired) electrons. The average molecular weight is 583 g/mol. The molecular formula is C39H38N2O3. The van der Waals surface area contributed by atoms with E-state index in [9.17, 15) is 4.79 Å². The lowest BCUT2D eigenvalue weighted by atomic mass is 9.77. The Bertz CT molecular complexity index is 1850. The van der Waals surface area contributed by atoms with E-state index in [1.807, 2.05) is 69.4 Å². The summed E-state index contributed by atoms with van der Waals surface area (Å²) in [5, 5.41) is 3.70. The second-order valence-electron chi connectivity index (χ2n) is 11.8. The van der Waals surface area contributed by atoms with Crippen LogP contribution in [0.15, 0.2) is 115 Å². The molecule has 0 fully saturated rings. The molecule has 0 bridgehead atoms. The Labute approximate surface area is 260 Å². The number of hydrogen-bond donors (Lipinski definition) is 1. The van der Waals surface area contributed by atoms with E-state index in [1.54, 1.807) is 0 Å². The molecule has 5 heteroatoms. The molecule has 0 amide bonds. The van der Waals surface area contributed by atoms with Crippen molar-refractivity contribution >= 4 is 23.0 Å². The van der Waals surface area contributed by atoms with Crippen LogP contribution in [0.5, 0.6) is 11.5 Å². The maximum atomic E-state index is 13.4. The molecule has 2 heterocycles. The molecule has 44 heavy (non-hydrogen) atoms. The smallest absolute Gasteiger partial charge is 0.340 e. The summed E-state index contributed by atoms with van der Waals surface area (Å²) in [6, 6.07) is 26.3. The lowest BCUT2D eigenvalue weighted by Gasteiger charge is -2.38. The first-order valence-electron chi connectivity index (χ1n) is 15.0. The zero-order valence-electron chi connectivity index (χ0n) is 26.2. The van der Waals surface area contributed by atoms with Gasteiger partial charge in [0.1, 0.15) is 11.5 Å². The normalized spacial score (nSPS) is 17.4. The summed E-state index contributed by atoms with van der Waals surface area (Å²) in [7, 11) is 2.04. The van der Waals surface area contributed by atoms with Gasteiger partial charge < -0.3 is 19.7 Å². The molecule has 2 aliphatic heterocycles. The van der Waals surface area contributed by atoms with Gasteiger partial charge in [0.05, 0.1) is 5.56 Å². The van der Waals surface area contributed by atoms with Crippen molar-refractivity contribution in [2.45, 2.75) is 46.3 Å². The number of ether oxygens (including phenoxy) is 2. The van der Waals surface area contributed by atoms with Crippen molar-refractivity contribution in [3.8, 4) is 11.5 Å². The first-order chi connectivity index (χ1) is 21.1. The van der Waals surface area contributed by atoms with Gasteiger partial charge in [-0.3, -0.25) is 0 Å². The molecule has 1 spiro atoms. The van der Waals surface area contributed by atoms with Gasteiger partial charge in [-0.05, 0) is 88.2 Å². The second-order valence-corrected chi connectivity index (χ2v) is 11.8. The Balaban J connectivity index is 1.49. The summed E-state index contributed by atoms with van der Waals surface area (Å²) >= 11 is 0. The zero-order chi connectivity index (χ0) is 31.2. The highest BCUT2D eigenvalue weighted by molar-refractivity contribution is 5.97. The van der Waals surface area contributed by atoms with E-state index in [-0.39, 0.29) is 12.0 Å². The number of anilines is 3. The van der Waals surface area contributed by atoms with E-state index in [1.165, 1.54) is 5.56 Å². The number of hydrogen-bond acceptors (Lipinski definition) is 5. The Kier molecular flexibility index (Phi) is 7.42. The third-order valence-corrected chi connectivity index (χ3v) is 8.50. The number of carbonyl (C=O) groups is 1. The minimum atomic E-state index is -1.15. The fraction of sp³-hybridized carbons (Fsp3) is 0.205. The summed E-state index contributed by atoms with van der Waals surface area (Å²) in [4.78, 5) is 15.6. The molecule has 6 rings (SSSR count). The zero-order valence-corrected chi connectivity index (χ0v) is 26.2. The predicted octanol–water partition coefficient (Wildman–Crippen LogP) is 9.52. The summed E-state index contributed by atoms with van der Waals surface area (Å²) in [5.41, 5.74) is 9.13. The lowest BCUT2D eigenvalue weighted by Crippen LogP contribution is -2.33. The van der Waals surface area contributed by atoms with Crippen LogP contribution >= 0.6 is 0 Å². The van der Waals surface area contributed by atoms with Gasteiger partial charge in [0.2, 0.25) is 0 Å². The molecule has 0 aromatic heterocycles. The second kappa shape index (κ2) is 11.2. The van der Waals surface area contributed by atoms with Gasteiger partial charge >= 0.3 is 5.97 Å². The van der Waals surface area contributed by atoms with Crippen molar-refractivity contribution in [1.82, 2.24) is 0 Å². The molecule has 0 aliphatic carbocycles. The molecule has 2 aliphatic rings. The first kappa shape index (κ1) is 29.1. The van der Waals surface area contributed by atoms with Crippen LogP contribution in [0.4, 0.5) is 17.1 Å². The van der Waals surface area contributed by atoms with Crippen molar-refractivity contribution in [2.75, 3.05) is 17.3 Å². The number of rotatable bonds is 7. The van der Waals surface area contributed by atoms with E-state index >= 15 is 0 Å². The van der Waals surface area contributed by atoms with Crippen molar-refractivity contribution in [3.05, 3.63) is 148 Å². The Morgan fingerprint density at radius 1 is 0.932 bits per heavy atom. The van der Waals surface area contributed by atoms with Gasteiger partial charge in [-0.1, -0.05) is 66.3 Å². The number of allylic oxidation sites excluding steroid dienone is 3. The molecule has 2 unspecified atom stereocenters. The number of benzene rings is 4. The van der Waals surface area contributed by atoms with Crippen molar-refractivity contribution in [3.63, 3.8) is 0 Å². The molecule has 0 saturated carbocycles. The fourth-order valence-corrected chi connectivity index (χ4v) is 6.20. The van der Waals surface area contributed by atoms with Gasteiger partial charge in [0.25, 0.3) is 0 Å². The average Bonchev–Trinajstić information content (AvgIpc) is 3.30. The highest BCUT2D eigenvalue weighted by Crippen LogP contribution is 2.57. The van der Waals surface area contributed by atoms with Crippen molar-refractivity contribution in [1.29, 1.82) is 0 Å². The molecule has 4 aromatic rings. The number of carbonyl (C=O) groups excluding carboxylic acids is 1. The van der Waals surface area contributed by atoms with Gasteiger partial charge in [-0.15, -0.1) is 0 Å². The largest absolute Gasteiger partial charge is 0.456 e. The Morgan fingerprint density at radius 3 is 2.36 bits per heavy atom. The highest BCUT2D eigenvalue weighted by Gasteiger charge is 2.53. The van der Waals surface area contributed by atoms with E-state index in [2.05, 4.69) is 86.1 Å². The highest BCUT2D eigenvalue weighted by atomic mass is 16.6. The summed E-state index contributed by atoms with van der Waals surface area (Å²) in [6.45, 7) is 14.4. The first-order valence-corrected chi connectivity index (χ1v) is 15.0. The SMILES string of the molecule is C=C(C)C=C(C=CC)C(C)Nc1cc2c(cc1C)Oc1cc(N(C)c3ccc(C)cc3)ccc1C21OC(=O)c2ccccc21. The molecule has 5 nitrogen and oxygen atoms in total. The fourth-order valence-electron chi connectivity index (χ4n) is 6.20. The van der Waals surface area contributed by atoms with Crippen LogP contribution in [0.2, 0.25) is 0 Å². The van der Waals surface area contributed by atoms with Crippen LogP contribution in [0.1, 0.15) is 58.9 Å². The molecule has 2 atom stereocenters. The van der Waals surface area contributed by atoms with Crippen LogP contribution < -0.4 is 15.0 Å². The third-order valence-electron chi connectivity index (χ3n) is 8.50. The van der Waals surface area contributed by atoms with Gasteiger partial charge in [-0.2, -0.15) is 0 Å². The van der Waals surface area contributed by atoms with E-state index in [4.69, 9.17) is 9.47 Å². The number of nitrogens with zero attached hydrogens (tertiary/aromatic N) is 1. The molecule has 4 aromatic carbocycles. The third kappa shape index (κ3) is 4.88. The van der Waals surface area contributed by atoms with Crippen LogP contribution in [-0.4, -0.2) is 19.1 Å². The topological polar surface area (TPSA) is 50.8 Å². The van der Waals surface area contributed by atoms with Crippen LogP contribution in [0.3, 0.4) is 0 Å². The van der Waals surface area contributed by atoms with Crippen molar-refractivity contribution < 1.29 is 14.3 Å².